The van der Waals surface area contributed by atoms with Crippen LogP contribution in [0.2, 0.25) is 0 Å². The fourth-order valence-corrected chi connectivity index (χ4v) is 4.74. The standard InChI is InChI=1S/C23H24F2N6O2/c1-26-23(33)16-5-6-18(21(25)28-16)31-9-7-30(8-10-31)12-17-19(24)20-15(11-27-17)13-3-2-4-14(13)22(32)29-20/h5-6,11H,2-4,7-10,12H2,1H3,(H,26,33)(H,29,32). The Labute approximate surface area is 188 Å². The maximum absolute atomic E-state index is 15.2. The summed E-state index contributed by atoms with van der Waals surface area (Å²) in [6, 6.07) is 3.05. The average Bonchev–Trinajstić information content (AvgIpc) is 3.32. The van der Waals surface area contributed by atoms with E-state index in [4.69, 9.17) is 0 Å². The van der Waals surface area contributed by atoms with Crippen LogP contribution in [0.25, 0.3) is 10.9 Å². The number of aromatic amines is 1. The summed E-state index contributed by atoms with van der Waals surface area (Å²) in [4.78, 5) is 38.7. The van der Waals surface area contributed by atoms with E-state index >= 15 is 4.39 Å². The minimum atomic E-state index is -0.691. The number of fused-ring (bicyclic) bond motifs is 3. The van der Waals surface area contributed by atoms with Crippen molar-refractivity contribution in [3.05, 3.63) is 63.0 Å². The van der Waals surface area contributed by atoms with Gasteiger partial charge in [0.05, 0.1) is 16.9 Å². The van der Waals surface area contributed by atoms with Gasteiger partial charge in [0.25, 0.3) is 11.5 Å². The van der Waals surface area contributed by atoms with Crippen molar-refractivity contribution in [2.45, 2.75) is 25.8 Å². The van der Waals surface area contributed by atoms with E-state index < -0.39 is 17.7 Å². The van der Waals surface area contributed by atoms with E-state index in [2.05, 4.69) is 20.3 Å². The first-order valence-electron chi connectivity index (χ1n) is 11.0. The Hall–Kier alpha value is -3.40. The summed E-state index contributed by atoms with van der Waals surface area (Å²) in [5.74, 6) is -1.62. The zero-order chi connectivity index (χ0) is 23.1. The molecule has 0 radical (unpaired) electrons. The van der Waals surface area contributed by atoms with Gasteiger partial charge in [-0.1, -0.05) is 0 Å². The molecule has 1 aliphatic carbocycles. The van der Waals surface area contributed by atoms with Crippen molar-refractivity contribution in [2.75, 3.05) is 38.1 Å². The largest absolute Gasteiger partial charge is 0.365 e. The number of pyridine rings is 3. The summed E-state index contributed by atoms with van der Waals surface area (Å²) in [7, 11) is 1.46. The molecule has 8 nitrogen and oxygen atoms in total. The van der Waals surface area contributed by atoms with Crippen molar-refractivity contribution < 1.29 is 13.6 Å². The molecule has 5 rings (SSSR count). The number of H-pyrrole nitrogens is 1. The maximum atomic E-state index is 15.2. The van der Waals surface area contributed by atoms with Crippen LogP contribution in [0.15, 0.2) is 23.1 Å². The normalized spacial score (nSPS) is 16.3. The number of aryl methyl sites for hydroxylation is 1. The van der Waals surface area contributed by atoms with Gasteiger partial charge >= 0.3 is 0 Å². The lowest BCUT2D eigenvalue weighted by Crippen LogP contribution is -2.46. The zero-order valence-corrected chi connectivity index (χ0v) is 18.3. The highest BCUT2D eigenvalue weighted by molar-refractivity contribution is 5.92. The molecular formula is C23H24F2N6O2. The first-order chi connectivity index (χ1) is 16.0. The SMILES string of the molecule is CNC(=O)c1ccc(N2CCN(Cc3ncc4c5c(c(=O)[nH]c4c3F)CCC5)CC2)c(F)n1. The van der Waals surface area contributed by atoms with Crippen molar-refractivity contribution in [2.24, 2.45) is 0 Å². The number of aromatic nitrogens is 3. The highest BCUT2D eigenvalue weighted by Crippen LogP contribution is 2.28. The Morgan fingerprint density at radius 2 is 1.91 bits per heavy atom. The second-order valence-electron chi connectivity index (χ2n) is 8.42. The number of halogens is 2. The number of amides is 1. The van der Waals surface area contributed by atoms with Crippen LogP contribution in [0.4, 0.5) is 14.5 Å². The van der Waals surface area contributed by atoms with Crippen molar-refractivity contribution in [1.29, 1.82) is 0 Å². The van der Waals surface area contributed by atoms with E-state index in [-0.39, 0.29) is 22.5 Å². The molecule has 0 spiro atoms. The Morgan fingerprint density at radius 1 is 1.15 bits per heavy atom. The smallest absolute Gasteiger partial charge is 0.269 e. The monoisotopic (exact) mass is 454 g/mol. The third-order valence-electron chi connectivity index (χ3n) is 6.52. The molecule has 0 saturated carbocycles. The molecule has 3 aromatic rings. The summed E-state index contributed by atoms with van der Waals surface area (Å²) < 4.78 is 29.7. The average molecular weight is 454 g/mol. The molecule has 2 N–H and O–H groups in total. The van der Waals surface area contributed by atoms with Crippen LogP contribution in [-0.4, -0.2) is 59.0 Å². The first-order valence-corrected chi connectivity index (χ1v) is 11.0. The summed E-state index contributed by atoms with van der Waals surface area (Å²) >= 11 is 0. The van der Waals surface area contributed by atoms with Crippen LogP contribution in [0, 0.1) is 11.8 Å². The van der Waals surface area contributed by atoms with Crippen molar-refractivity contribution in [3.63, 3.8) is 0 Å². The van der Waals surface area contributed by atoms with Crippen LogP contribution >= 0.6 is 0 Å². The maximum Gasteiger partial charge on any atom is 0.269 e. The Balaban J connectivity index is 1.30. The van der Waals surface area contributed by atoms with Crippen molar-refractivity contribution >= 4 is 22.5 Å². The summed E-state index contributed by atoms with van der Waals surface area (Å²) in [6.45, 7) is 2.51. The molecular weight excluding hydrogens is 430 g/mol. The van der Waals surface area contributed by atoms with Gasteiger partial charge in [-0.25, -0.2) is 9.37 Å². The van der Waals surface area contributed by atoms with Gasteiger partial charge in [-0.15, -0.1) is 0 Å². The molecule has 33 heavy (non-hydrogen) atoms. The fourth-order valence-electron chi connectivity index (χ4n) is 4.74. The number of rotatable bonds is 4. The lowest BCUT2D eigenvalue weighted by molar-refractivity contribution is 0.0957. The van der Waals surface area contributed by atoms with Crippen molar-refractivity contribution in [3.8, 4) is 0 Å². The summed E-state index contributed by atoms with van der Waals surface area (Å²) in [5, 5.41) is 3.11. The van der Waals surface area contributed by atoms with E-state index in [1.165, 1.54) is 13.1 Å². The quantitative estimate of drug-likeness (QED) is 0.584. The Bertz CT molecular complexity index is 1300. The molecule has 1 amide bonds. The van der Waals surface area contributed by atoms with Gasteiger partial charge in [0.2, 0.25) is 5.95 Å². The lowest BCUT2D eigenvalue weighted by Gasteiger charge is -2.35. The van der Waals surface area contributed by atoms with Gasteiger partial charge in [0, 0.05) is 56.9 Å². The first kappa shape index (κ1) is 21.4. The van der Waals surface area contributed by atoms with Crippen molar-refractivity contribution in [1.82, 2.24) is 25.2 Å². The molecule has 10 heteroatoms. The number of hydrogen-bond acceptors (Lipinski definition) is 6. The van der Waals surface area contributed by atoms with Gasteiger partial charge in [-0.2, -0.15) is 4.39 Å². The zero-order valence-electron chi connectivity index (χ0n) is 18.3. The van der Waals surface area contributed by atoms with E-state index in [0.717, 1.165) is 30.4 Å². The Morgan fingerprint density at radius 3 is 2.64 bits per heavy atom. The van der Waals surface area contributed by atoms with Gasteiger partial charge in [0.1, 0.15) is 5.69 Å². The molecule has 3 aromatic heterocycles. The van der Waals surface area contributed by atoms with E-state index in [1.54, 1.807) is 12.3 Å². The van der Waals surface area contributed by atoms with Crippen LogP contribution in [0.3, 0.4) is 0 Å². The molecule has 0 aromatic carbocycles. The number of piperazine rings is 1. The van der Waals surface area contributed by atoms with Gasteiger partial charge in [-0.05, 0) is 37.0 Å². The second kappa shape index (κ2) is 8.51. The van der Waals surface area contributed by atoms with E-state index in [1.807, 2.05) is 9.80 Å². The molecule has 1 saturated heterocycles. The highest BCUT2D eigenvalue weighted by atomic mass is 19.1. The fraction of sp³-hybridized carbons (Fsp3) is 0.391. The highest BCUT2D eigenvalue weighted by Gasteiger charge is 2.24. The number of carbonyl (C=O) groups is 1. The third-order valence-corrected chi connectivity index (χ3v) is 6.52. The molecule has 1 fully saturated rings. The number of carbonyl (C=O) groups excluding carboxylic acids is 1. The number of anilines is 1. The predicted molar refractivity (Wildman–Crippen MR) is 119 cm³/mol. The van der Waals surface area contributed by atoms with Gasteiger partial charge < -0.3 is 15.2 Å². The number of hydrogen-bond donors (Lipinski definition) is 2. The molecule has 4 heterocycles. The third kappa shape index (κ3) is 3.84. The molecule has 0 bridgehead atoms. The lowest BCUT2D eigenvalue weighted by atomic mass is 10.1. The van der Waals surface area contributed by atoms with Gasteiger partial charge in [-0.3, -0.25) is 19.5 Å². The predicted octanol–water partition coefficient (Wildman–Crippen LogP) is 1.77. The van der Waals surface area contributed by atoms with E-state index in [9.17, 15) is 14.0 Å². The molecule has 0 atom stereocenters. The molecule has 0 unspecified atom stereocenters. The minimum Gasteiger partial charge on any atom is -0.365 e. The van der Waals surface area contributed by atoms with Crippen LogP contribution in [0.5, 0.6) is 0 Å². The number of nitrogens with one attached hydrogen (secondary N) is 2. The molecule has 1 aliphatic heterocycles. The van der Waals surface area contributed by atoms with E-state index in [0.29, 0.717) is 43.8 Å². The van der Waals surface area contributed by atoms with Gasteiger partial charge in [0.15, 0.2) is 5.82 Å². The minimum absolute atomic E-state index is 0.0268. The van der Waals surface area contributed by atoms with Crippen LogP contribution < -0.4 is 15.8 Å². The topological polar surface area (TPSA) is 94.2 Å². The summed E-state index contributed by atoms with van der Waals surface area (Å²) in [5.41, 5.74) is 2.33. The molecule has 2 aliphatic rings. The summed E-state index contributed by atoms with van der Waals surface area (Å²) in [6.07, 6.45) is 4.06. The molecule has 172 valence electrons. The van der Waals surface area contributed by atoms with Crippen LogP contribution in [0.1, 0.15) is 33.7 Å². The number of nitrogens with zero attached hydrogens (tertiary/aromatic N) is 4. The second-order valence-corrected chi connectivity index (χ2v) is 8.42. The van der Waals surface area contributed by atoms with Crippen LogP contribution in [-0.2, 0) is 19.4 Å². The Kier molecular flexibility index (Phi) is 5.53.